The molecule has 31 heavy (non-hydrogen) atoms. The maximum atomic E-state index is 13.5. The SMILES string of the molecule is O=C(NC(C(=O)NO)c1ccc(-c2cc(F)c(F)c(F)c2)cc1)c1ccc(O)c(F)c1. The third-order valence-corrected chi connectivity index (χ3v) is 4.42. The van der Waals surface area contributed by atoms with E-state index in [2.05, 4.69) is 5.32 Å². The Balaban J connectivity index is 1.88. The fourth-order valence-corrected chi connectivity index (χ4v) is 2.82. The molecule has 0 aromatic heterocycles. The van der Waals surface area contributed by atoms with Gasteiger partial charge in [0.25, 0.3) is 11.8 Å². The first-order valence-electron chi connectivity index (χ1n) is 8.69. The third-order valence-electron chi connectivity index (χ3n) is 4.42. The van der Waals surface area contributed by atoms with Crippen LogP contribution in [0.15, 0.2) is 54.6 Å². The summed E-state index contributed by atoms with van der Waals surface area (Å²) in [4.78, 5) is 24.4. The first-order chi connectivity index (χ1) is 14.7. The summed E-state index contributed by atoms with van der Waals surface area (Å²) in [5.41, 5.74) is 1.70. The molecule has 0 heterocycles. The fraction of sp³-hybridized carbons (Fsp3) is 0.0476. The monoisotopic (exact) mass is 434 g/mol. The van der Waals surface area contributed by atoms with Gasteiger partial charge in [0.2, 0.25) is 0 Å². The van der Waals surface area contributed by atoms with Crippen molar-refractivity contribution < 1.29 is 37.5 Å². The Morgan fingerprint density at radius 3 is 1.97 bits per heavy atom. The number of rotatable bonds is 5. The lowest BCUT2D eigenvalue weighted by molar-refractivity contribution is -0.131. The zero-order valence-corrected chi connectivity index (χ0v) is 15.5. The lowest BCUT2D eigenvalue weighted by Crippen LogP contribution is -2.39. The molecule has 0 bridgehead atoms. The molecule has 0 spiro atoms. The van der Waals surface area contributed by atoms with E-state index in [0.717, 1.165) is 30.3 Å². The zero-order chi connectivity index (χ0) is 22.7. The fourth-order valence-electron chi connectivity index (χ4n) is 2.82. The van der Waals surface area contributed by atoms with Gasteiger partial charge in [0.1, 0.15) is 6.04 Å². The van der Waals surface area contributed by atoms with Gasteiger partial charge in [-0.05, 0) is 47.0 Å². The Morgan fingerprint density at radius 2 is 1.42 bits per heavy atom. The first kappa shape index (κ1) is 21.8. The second-order valence-corrected chi connectivity index (χ2v) is 6.42. The van der Waals surface area contributed by atoms with Crippen molar-refractivity contribution in [2.45, 2.75) is 6.04 Å². The standard InChI is InChI=1S/C21H14F4N2O4/c22-14-7-12(5-6-17(14)28)20(29)26-19(21(30)27-31)11-3-1-10(2-4-11)13-8-15(23)18(25)16(24)9-13/h1-9,19,28,31H,(H,26,29)(H,27,30). The molecule has 0 aliphatic carbocycles. The molecule has 2 amide bonds. The highest BCUT2D eigenvalue weighted by Gasteiger charge is 2.24. The highest BCUT2D eigenvalue weighted by Crippen LogP contribution is 2.26. The molecule has 0 aliphatic rings. The van der Waals surface area contributed by atoms with Crippen molar-refractivity contribution in [3.8, 4) is 16.9 Å². The van der Waals surface area contributed by atoms with E-state index in [0.29, 0.717) is 0 Å². The van der Waals surface area contributed by atoms with E-state index in [1.54, 1.807) is 0 Å². The van der Waals surface area contributed by atoms with E-state index in [9.17, 15) is 32.3 Å². The summed E-state index contributed by atoms with van der Waals surface area (Å²) in [5, 5.41) is 20.5. The van der Waals surface area contributed by atoms with Gasteiger partial charge >= 0.3 is 0 Å². The molecule has 1 atom stereocenters. The van der Waals surface area contributed by atoms with Gasteiger partial charge in [-0.2, -0.15) is 0 Å². The van der Waals surface area contributed by atoms with Crippen LogP contribution < -0.4 is 10.8 Å². The van der Waals surface area contributed by atoms with Crippen LogP contribution in [-0.2, 0) is 4.79 Å². The van der Waals surface area contributed by atoms with Gasteiger partial charge in [-0.15, -0.1) is 0 Å². The Morgan fingerprint density at radius 1 is 0.806 bits per heavy atom. The minimum Gasteiger partial charge on any atom is -0.505 e. The first-order valence-corrected chi connectivity index (χ1v) is 8.69. The number of hydroxylamine groups is 1. The van der Waals surface area contributed by atoms with Crippen LogP contribution in [0.2, 0.25) is 0 Å². The number of carbonyl (C=O) groups excluding carboxylic acids is 2. The quantitative estimate of drug-likeness (QED) is 0.214. The maximum Gasteiger partial charge on any atom is 0.270 e. The highest BCUT2D eigenvalue weighted by atomic mass is 19.2. The second-order valence-electron chi connectivity index (χ2n) is 6.42. The number of benzene rings is 3. The van der Waals surface area contributed by atoms with Gasteiger partial charge in [0, 0.05) is 5.56 Å². The third kappa shape index (κ3) is 4.64. The molecule has 3 aromatic rings. The van der Waals surface area contributed by atoms with E-state index in [1.165, 1.54) is 29.7 Å². The second kappa shape index (κ2) is 8.84. The van der Waals surface area contributed by atoms with E-state index in [1.807, 2.05) is 0 Å². The molecule has 0 saturated heterocycles. The number of halogens is 4. The summed E-state index contributed by atoms with van der Waals surface area (Å²) in [6.07, 6.45) is 0. The minimum absolute atomic E-state index is 0.0368. The van der Waals surface area contributed by atoms with Crippen molar-refractivity contribution in [1.82, 2.24) is 10.8 Å². The van der Waals surface area contributed by atoms with Gasteiger partial charge in [0.15, 0.2) is 29.0 Å². The van der Waals surface area contributed by atoms with E-state index < -0.39 is 46.9 Å². The molecular formula is C21H14F4N2O4. The number of phenols is 1. The van der Waals surface area contributed by atoms with Crippen molar-refractivity contribution in [2.24, 2.45) is 0 Å². The van der Waals surface area contributed by atoms with Gasteiger partial charge in [0.05, 0.1) is 0 Å². The van der Waals surface area contributed by atoms with Gasteiger partial charge in [-0.1, -0.05) is 24.3 Å². The van der Waals surface area contributed by atoms with E-state index >= 15 is 0 Å². The molecule has 160 valence electrons. The number of phenolic OH excluding ortho intramolecular Hbond substituents is 1. The molecule has 0 saturated carbocycles. The normalized spacial score (nSPS) is 11.6. The zero-order valence-electron chi connectivity index (χ0n) is 15.5. The topological polar surface area (TPSA) is 98.7 Å². The summed E-state index contributed by atoms with van der Waals surface area (Å²) >= 11 is 0. The number of amides is 2. The molecule has 6 nitrogen and oxygen atoms in total. The van der Waals surface area contributed by atoms with Crippen LogP contribution in [0, 0.1) is 23.3 Å². The Labute approximate surface area is 172 Å². The van der Waals surface area contributed by atoms with Crippen LogP contribution in [-0.4, -0.2) is 22.1 Å². The lowest BCUT2D eigenvalue weighted by Gasteiger charge is -2.18. The van der Waals surface area contributed by atoms with Gasteiger partial charge in [-0.25, -0.2) is 23.0 Å². The average Bonchev–Trinajstić information content (AvgIpc) is 2.76. The van der Waals surface area contributed by atoms with Crippen molar-refractivity contribution in [2.75, 3.05) is 0 Å². The summed E-state index contributed by atoms with van der Waals surface area (Å²) in [6, 6.07) is 8.45. The smallest absolute Gasteiger partial charge is 0.270 e. The molecule has 1 unspecified atom stereocenters. The molecule has 3 rings (SSSR count). The summed E-state index contributed by atoms with van der Waals surface area (Å²) in [7, 11) is 0. The molecule has 10 heteroatoms. The number of hydrogen-bond acceptors (Lipinski definition) is 4. The van der Waals surface area contributed by atoms with Crippen molar-refractivity contribution in [1.29, 1.82) is 0 Å². The predicted molar refractivity (Wildman–Crippen MR) is 100.0 cm³/mol. The molecule has 0 aliphatic heterocycles. The summed E-state index contributed by atoms with van der Waals surface area (Å²) < 4.78 is 53.5. The van der Waals surface area contributed by atoms with Crippen LogP contribution in [0.25, 0.3) is 11.1 Å². The van der Waals surface area contributed by atoms with Crippen LogP contribution in [0.5, 0.6) is 5.75 Å². The van der Waals surface area contributed by atoms with E-state index in [4.69, 9.17) is 5.21 Å². The largest absolute Gasteiger partial charge is 0.505 e. The summed E-state index contributed by atoms with van der Waals surface area (Å²) in [6.45, 7) is 0. The van der Waals surface area contributed by atoms with Crippen LogP contribution in [0.4, 0.5) is 17.6 Å². The highest BCUT2D eigenvalue weighted by molar-refractivity contribution is 5.97. The Hall–Kier alpha value is -3.92. The van der Waals surface area contributed by atoms with Gasteiger partial charge in [-0.3, -0.25) is 14.8 Å². The molecule has 4 N–H and O–H groups in total. The maximum absolute atomic E-state index is 13.5. The van der Waals surface area contributed by atoms with Crippen LogP contribution in [0.3, 0.4) is 0 Å². The summed E-state index contributed by atoms with van der Waals surface area (Å²) in [5.74, 6) is -7.94. The lowest BCUT2D eigenvalue weighted by atomic mass is 9.99. The Kier molecular flexibility index (Phi) is 6.21. The number of carbonyl (C=O) groups is 2. The molecule has 0 radical (unpaired) electrons. The molecule has 0 fully saturated rings. The van der Waals surface area contributed by atoms with E-state index in [-0.39, 0.29) is 22.3 Å². The minimum atomic E-state index is -1.60. The number of nitrogens with one attached hydrogen (secondary N) is 2. The van der Waals surface area contributed by atoms with Crippen molar-refractivity contribution >= 4 is 11.8 Å². The average molecular weight is 434 g/mol. The van der Waals surface area contributed by atoms with Crippen molar-refractivity contribution in [3.05, 3.63) is 89.0 Å². The van der Waals surface area contributed by atoms with Crippen molar-refractivity contribution in [3.63, 3.8) is 0 Å². The Bertz CT molecular complexity index is 1130. The number of hydrogen-bond donors (Lipinski definition) is 4. The van der Waals surface area contributed by atoms with Gasteiger partial charge < -0.3 is 10.4 Å². The predicted octanol–water partition coefficient (Wildman–Crippen LogP) is 3.59. The number of aromatic hydroxyl groups is 1. The molecule has 3 aromatic carbocycles. The van der Waals surface area contributed by atoms with Crippen LogP contribution in [0.1, 0.15) is 22.0 Å². The molecular weight excluding hydrogens is 420 g/mol. The van der Waals surface area contributed by atoms with Crippen LogP contribution >= 0.6 is 0 Å².